The third kappa shape index (κ3) is 3.89. The summed E-state index contributed by atoms with van der Waals surface area (Å²) in [5, 5.41) is 18.8. The molecule has 4 aromatic rings. The number of carboxylic acids is 1. The van der Waals surface area contributed by atoms with Gasteiger partial charge >= 0.3 is 5.97 Å². The number of benzene rings is 2. The van der Waals surface area contributed by atoms with Gasteiger partial charge in [-0.05, 0) is 67.8 Å². The van der Waals surface area contributed by atoms with E-state index >= 15 is 0 Å². The minimum Gasteiger partial charge on any atom is -0.493 e. The summed E-state index contributed by atoms with van der Waals surface area (Å²) >= 11 is 1.54. The minimum atomic E-state index is -0.839. The quantitative estimate of drug-likeness (QED) is 0.443. The topological polar surface area (TPSA) is 94.4 Å². The van der Waals surface area contributed by atoms with E-state index in [4.69, 9.17) is 14.5 Å². The minimum absolute atomic E-state index is 0.000130. The van der Waals surface area contributed by atoms with Crippen molar-refractivity contribution in [3.8, 4) is 33.3 Å². The molecule has 8 heteroatoms. The Kier molecular flexibility index (Phi) is 5.80. The molecule has 1 N–H and O–H groups in total. The maximum Gasteiger partial charge on any atom is 0.307 e. The second-order valence-electron chi connectivity index (χ2n) is 7.53. The number of rotatable bonds is 6. The lowest BCUT2D eigenvalue weighted by Crippen LogP contribution is -2.04. The molecule has 0 atom stereocenters. The van der Waals surface area contributed by atoms with Crippen LogP contribution in [0.25, 0.3) is 32.0 Å². The van der Waals surface area contributed by atoms with Crippen LogP contribution in [0, 0.1) is 20.8 Å². The predicted molar refractivity (Wildman–Crippen MR) is 125 cm³/mol. The average molecular weight is 450 g/mol. The molecule has 2 heterocycles. The van der Waals surface area contributed by atoms with Gasteiger partial charge in [0.2, 0.25) is 0 Å². The molecule has 0 saturated carbocycles. The van der Waals surface area contributed by atoms with E-state index in [-0.39, 0.29) is 6.42 Å². The zero-order valence-electron chi connectivity index (χ0n) is 18.5. The fraction of sp³-hybridized carbons (Fsp3) is 0.250. The lowest BCUT2D eigenvalue weighted by Gasteiger charge is -2.10. The molecule has 0 bridgehead atoms. The van der Waals surface area contributed by atoms with Crippen molar-refractivity contribution in [3.63, 3.8) is 0 Å². The van der Waals surface area contributed by atoms with Crippen molar-refractivity contribution in [2.75, 3.05) is 14.2 Å². The first-order chi connectivity index (χ1) is 15.3. The molecule has 0 unspecified atom stereocenters. The third-order valence-corrected chi connectivity index (χ3v) is 6.72. The monoisotopic (exact) mass is 449 g/mol. The number of aliphatic carboxylic acids is 1. The highest BCUT2D eigenvalue weighted by molar-refractivity contribution is 7.21. The number of carboxylic acid groups (broad SMARTS) is 1. The Balaban J connectivity index is 1.82. The van der Waals surface area contributed by atoms with Gasteiger partial charge in [-0.15, -0.1) is 11.3 Å². The highest BCUT2D eigenvalue weighted by Gasteiger charge is 2.18. The predicted octanol–water partition coefficient (Wildman–Crippen LogP) is 4.99. The van der Waals surface area contributed by atoms with Crippen molar-refractivity contribution in [2.45, 2.75) is 27.2 Å². The van der Waals surface area contributed by atoms with E-state index in [1.807, 2.05) is 51.1 Å². The maximum atomic E-state index is 11.3. The summed E-state index contributed by atoms with van der Waals surface area (Å²) in [6.07, 6.45) is 0.000130. The van der Waals surface area contributed by atoms with Crippen molar-refractivity contribution in [3.05, 3.63) is 52.7 Å². The van der Waals surface area contributed by atoms with Crippen LogP contribution in [0.1, 0.15) is 22.4 Å². The van der Waals surface area contributed by atoms with E-state index in [1.54, 1.807) is 25.6 Å². The van der Waals surface area contributed by atoms with E-state index in [2.05, 4.69) is 10.2 Å². The fourth-order valence-corrected chi connectivity index (χ4v) is 4.91. The summed E-state index contributed by atoms with van der Waals surface area (Å²) in [7, 11) is 3.19. The maximum absolute atomic E-state index is 11.3. The molecule has 0 aliphatic heterocycles. The lowest BCUT2D eigenvalue weighted by molar-refractivity contribution is -0.136. The van der Waals surface area contributed by atoms with Gasteiger partial charge in [0.25, 0.3) is 0 Å². The van der Waals surface area contributed by atoms with Crippen LogP contribution in [0.3, 0.4) is 0 Å². The molecule has 0 radical (unpaired) electrons. The fourth-order valence-electron chi connectivity index (χ4n) is 3.77. The molecule has 7 nitrogen and oxygen atoms in total. The first-order valence-electron chi connectivity index (χ1n) is 10.0. The van der Waals surface area contributed by atoms with Crippen LogP contribution < -0.4 is 9.47 Å². The average Bonchev–Trinajstić information content (AvgIpc) is 3.20. The van der Waals surface area contributed by atoms with Crippen LogP contribution in [-0.2, 0) is 11.2 Å². The van der Waals surface area contributed by atoms with Crippen LogP contribution in [0.2, 0.25) is 0 Å². The standard InChI is InChI=1S/C24H23N3O4S/c1-12-8-19-23(13(2)16(12)11-22(28)29)32-24(25-19)17-10-18(27-26-14(17)3)15-6-7-20(30-4)21(9-15)31-5/h6-10H,11H2,1-5H3,(H,28,29). The summed E-state index contributed by atoms with van der Waals surface area (Å²) in [6, 6.07) is 9.55. The number of carbonyl (C=O) groups is 1. The first kappa shape index (κ1) is 21.7. The van der Waals surface area contributed by atoms with Gasteiger partial charge in [-0.2, -0.15) is 10.2 Å². The molecule has 32 heavy (non-hydrogen) atoms. The van der Waals surface area contributed by atoms with Gasteiger partial charge in [-0.1, -0.05) is 0 Å². The highest BCUT2D eigenvalue weighted by Crippen LogP contribution is 2.38. The molecule has 2 aromatic heterocycles. The van der Waals surface area contributed by atoms with Crippen LogP contribution in [0.5, 0.6) is 11.5 Å². The Morgan fingerprint density at radius 3 is 2.47 bits per heavy atom. The third-order valence-electron chi connectivity index (χ3n) is 5.49. The van der Waals surface area contributed by atoms with Gasteiger partial charge in [-0.3, -0.25) is 4.79 Å². The van der Waals surface area contributed by atoms with Gasteiger partial charge < -0.3 is 14.6 Å². The first-order valence-corrected chi connectivity index (χ1v) is 10.8. The highest BCUT2D eigenvalue weighted by atomic mass is 32.1. The van der Waals surface area contributed by atoms with Crippen LogP contribution in [-0.4, -0.2) is 40.5 Å². The number of fused-ring (bicyclic) bond motifs is 1. The summed E-state index contributed by atoms with van der Waals surface area (Å²) in [5.74, 6) is 0.422. The van der Waals surface area contributed by atoms with E-state index in [9.17, 15) is 9.90 Å². The molecule has 0 saturated heterocycles. The van der Waals surface area contributed by atoms with Gasteiger partial charge in [0.1, 0.15) is 5.01 Å². The molecule has 0 fully saturated rings. The Morgan fingerprint density at radius 1 is 1.03 bits per heavy atom. The lowest BCUT2D eigenvalue weighted by atomic mass is 9.99. The van der Waals surface area contributed by atoms with Gasteiger partial charge in [0.05, 0.1) is 42.2 Å². The van der Waals surface area contributed by atoms with Crippen molar-refractivity contribution >= 4 is 27.5 Å². The van der Waals surface area contributed by atoms with E-state index in [0.29, 0.717) is 17.2 Å². The Hall–Kier alpha value is -3.52. The van der Waals surface area contributed by atoms with Gasteiger partial charge in [-0.25, -0.2) is 4.98 Å². The van der Waals surface area contributed by atoms with Crippen LogP contribution >= 0.6 is 11.3 Å². The number of methoxy groups -OCH3 is 2. The molecule has 4 rings (SSSR count). The summed E-state index contributed by atoms with van der Waals surface area (Å²) in [4.78, 5) is 16.1. The SMILES string of the molecule is COc1ccc(-c2cc(-c3nc4cc(C)c(CC(=O)O)c(C)c4s3)c(C)nn2)cc1OC. The Morgan fingerprint density at radius 2 is 1.78 bits per heavy atom. The number of aromatic nitrogens is 3. The smallest absolute Gasteiger partial charge is 0.307 e. The zero-order valence-corrected chi connectivity index (χ0v) is 19.3. The second-order valence-corrected chi connectivity index (χ2v) is 8.53. The number of hydrogen-bond donors (Lipinski definition) is 1. The van der Waals surface area contributed by atoms with E-state index < -0.39 is 5.97 Å². The molecule has 0 spiro atoms. The number of nitrogens with zero attached hydrogens (tertiary/aromatic N) is 3. The molecule has 0 aliphatic carbocycles. The van der Waals surface area contributed by atoms with Crippen LogP contribution in [0.4, 0.5) is 0 Å². The molecular formula is C24H23N3O4S. The van der Waals surface area contributed by atoms with Gasteiger partial charge in [0, 0.05) is 11.1 Å². The van der Waals surface area contributed by atoms with E-state index in [0.717, 1.165) is 48.7 Å². The van der Waals surface area contributed by atoms with Crippen molar-refractivity contribution in [1.29, 1.82) is 0 Å². The molecule has 0 amide bonds. The number of aryl methyl sites for hydroxylation is 3. The number of thiazole rings is 1. The molecule has 0 aliphatic rings. The van der Waals surface area contributed by atoms with Crippen molar-refractivity contribution in [2.24, 2.45) is 0 Å². The second kappa shape index (κ2) is 8.55. The van der Waals surface area contributed by atoms with Crippen molar-refractivity contribution in [1.82, 2.24) is 15.2 Å². The zero-order chi connectivity index (χ0) is 23.0. The van der Waals surface area contributed by atoms with Crippen LogP contribution in [0.15, 0.2) is 30.3 Å². The van der Waals surface area contributed by atoms with Gasteiger partial charge in [0.15, 0.2) is 11.5 Å². The number of ether oxygens (including phenoxy) is 2. The largest absolute Gasteiger partial charge is 0.493 e. The molecule has 2 aromatic carbocycles. The summed E-state index contributed by atoms with van der Waals surface area (Å²) < 4.78 is 11.7. The molecule has 164 valence electrons. The molecular weight excluding hydrogens is 426 g/mol. The van der Waals surface area contributed by atoms with Crippen molar-refractivity contribution < 1.29 is 19.4 Å². The number of hydrogen-bond acceptors (Lipinski definition) is 7. The summed E-state index contributed by atoms with van der Waals surface area (Å²) in [5.41, 5.74) is 6.82. The Labute approximate surface area is 189 Å². The summed E-state index contributed by atoms with van der Waals surface area (Å²) in [6.45, 7) is 5.79. The Bertz CT molecular complexity index is 1350. The van der Waals surface area contributed by atoms with E-state index in [1.165, 1.54) is 0 Å². The normalized spacial score (nSPS) is 11.0.